The lowest BCUT2D eigenvalue weighted by Gasteiger charge is -2.05. The summed E-state index contributed by atoms with van der Waals surface area (Å²) in [6, 6.07) is 7.79. The van der Waals surface area contributed by atoms with Gasteiger partial charge < -0.3 is 4.42 Å². The monoisotopic (exact) mass is 346 g/mol. The molecule has 0 fully saturated rings. The first-order valence-corrected chi connectivity index (χ1v) is 8.31. The molecule has 3 heterocycles. The van der Waals surface area contributed by atoms with E-state index in [9.17, 15) is 0 Å². The highest BCUT2D eigenvalue weighted by atomic mass is 16.4. The molecule has 3 aromatic heterocycles. The molecule has 4 aromatic rings. The molecular weight excluding hydrogens is 328 g/mol. The second kappa shape index (κ2) is 5.56. The summed E-state index contributed by atoms with van der Waals surface area (Å²) in [5.41, 5.74) is 5.73. The molecule has 130 valence electrons. The first-order chi connectivity index (χ1) is 12.4. The van der Waals surface area contributed by atoms with Crippen molar-refractivity contribution in [2.24, 2.45) is 0 Å². The van der Waals surface area contributed by atoms with Crippen LogP contribution in [0.3, 0.4) is 0 Å². The smallest absolute Gasteiger partial charge is 0.249 e. The van der Waals surface area contributed by atoms with Crippen LogP contribution in [0.1, 0.15) is 34.2 Å². The molecule has 0 aliphatic carbocycles. The van der Waals surface area contributed by atoms with Crippen LogP contribution < -0.4 is 0 Å². The van der Waals surface area contributed by atoms with Gasteiger partial charge >= 0.3 is 0 Å². The summed E-state index contributed by atoms with van der Waals surface area (Å²) in [6.45, 7) is 9.60. The van der Waals surface area contributed by atoms with E-state index in [1.807, 2.05) is 57.3 Å². The number of oxazole rings is 1. The van der Waals surface area contributed by atoms with E-state index >= 15 is 0 Å². The van der Waals surface area contributed by atoms with Crippen LogP contribution in [0.4, 0.5) is 0 Å². The molecule has 0 unspecified atom stereocenters. The highest BCUT2D eigenvalue weighted by Gasteiger charge is 2.24. The molecule has 26 heavy (non-hydrogen) atoms. The molecule has 0 radical (unpaired) electrons. The number of hydrogen-bond acceptors (Lipinski definition) is 5. The predicted molar refractivity (Wildman–Crippen MR) is 96.2 cm³/mol. The Bertz CT molecular complexity index is 1200. The normalized spacial score (nSPS) is 11.2. The molecular formula is C19H18N6O. The molecule has 0 N–H and O–H groups in total. The van der Waals surface area contributed by atoms with Gasteiger partial charge in [-0.15, -0.1) is 0 Å². The summed E-state index contributed by atoms with van der Waals surface area (Å²) in [5, 5.41) is 18.3. The first kappa shape index (κ1) is 16.1. The Morgan fingerprint density at radius 1 is 1.08 bits per heavy atom. The van der Waals surface area contributed by atoms with Gasteiger partial charge in [0, 0.05) is 5.56 Å². The Morgan fingerprint density at radius 3 is 2.46 bits per heavy atom. The van der Waals surface area contributed by atoms with Gasteiger partial charge in [-0.05, 0) is 52.3 Å². The van der Waals surface area contributed by atoms with Gasteiger partial charge in [-0.25, -0.2) is 9.67 Å². The molecule has 0 atom stereocenters. The number of hydrogen-bond donors (Lipinski definition) is 0. The maximum atomic E-state index is 9.10. The molecule has 0 aliphatic heterocycles. The van der Waals surface area contributed by atoms with E-state index in [4.69, 9.17) is 14.8 Å². The van der Waals surface area contributed by atoms with Crippen LogP contribution in [0.25, 0.3) is 22.7 Å². The number of aromatic nitrogens is 5. The number of rotatable bonds is 2. The lowest BCUT2D eigenvalue weighted by Crippen LogP contribution is -2.00. The zero-order chi connectivity index (χ0) is 18.6. The van der Waals surface area contributed by atoms with Crippen molar-refractivity contribution in [2.75, 3.05) is 0 Å². The fourth-order valence-electron chi connectivity index (χ4n) is 3.36. The Hall–Kier alpha value is -3.40. The second-order valence-corrected chi connectivity index (χ2v) is 6.42. The van der Waals surface area contributed by atoms with Crippen molar-refractivity contribution in [1.29, 1.82) is 5.26 Å². The first-order valence-electron chi connectivity index (χ1n) is 8.31. The van der Waals surface area contributed by atoms with Crippen molar-refractivity contribution in [2.45, 2.75) is 34.6 Å². The zero-order valence-electron chi connectivity index (χ0n) is 15.3. The highest BCUT2D eigenvalue weighted by molar-refractivity contribution is 5.72. The van der Waals surface area contributed by atoms with E-state index in [2.05, 4.69) is 16.2 Å². The van der Waals surface area contributed by atoms with Crippen molar-refractivity contribution in [1.82, 2.24) is 24.4 Å². The van der Waals surface area contributed by atoms with E-state index in [0.29, 0.717) is 17.1 Å². The number of benzene rings is 1. The number of nitriles is 1. The van der Waals surface area contributed by atoms with Gasteiger partial charge in [0.1, 0.15) is 23.1 Å². The van der Waals surface area contributed by atoms with Crippen molar-refractivity contribution in [3.63, 3.8) is 0 Å². The van der Waals surface area contributed by atoms with Crippen LogP contribution in [0.15, 0.2) is 22.6 Å². The van der Waals surface area contributed by atoms with Crippen LogP contribution in [0, 0.1) is 45.9 Å². The molecule has 0 aliphatic rings. The van der Waals surface area contributed by atoms with Gasteiger partial charge in [0.05, 0.1) is 17.3 Å². The van der Waals surface area contributed by atoms with E-state index < -0.39 is 0 Å². The molecule has 0 bridgehead atoms. The third-order valence-corrected chi connectivity index (χ3v) is 4.48. The van der Waals surface area contributed by atoms with E-state index in [1.165, 1.54) is 0 Å². The number of fused-ring (bicyclic) bond motifs is 1. The minimum Gasteiger partial charge on any atom is -0.439 e. The minimum absolute atomic E-state index is 0.631. The molecule has 0 saturated carbocycles. The third-order valence-electron chi connectivity index (χ3n) is 4.48. The fourth-order valence-corrected chi connectivity index (χ4v) is 3.36. The summed E-state index contributed by atoms with van der Waals surface area (Å²) in [7, 11) is 0. The molecule has 0 saturated heterocycles. The van der Waals surface area contributed by atoms with Crippen molar-refractivity contribution in [3.8, 4) is 23.0 Å². The van der Waals surface area contributed by atoms with Crippen LogP contribution in [0.2, 0.25) is 0 Å². The Balaban J connectivity index is 2.00. The summed E-state index contributed by atoms with van der Waals surface area (Å²) in [5.74, 6) is 2.24. The summed E-state index contributed by atoms with van der Waals surface area (Å²) in [4.78, 5) is 4.38. The molecule has 1 aromatic carbocycles. The zero-order valence-corrected chi connectivity index (χ0v) is 15.3. The number of aryl methyl sites for hydroxylation is 5. The summed E-state index contributed by atoms with van der Waals surface area (Å²) >= 11 is 0. The van der Waals surface area contributed by atoms with Gasteiger partial charge in [-0.3, -0.25) is 0 Å². The predicted octanol–water partition coefficient (Wildman–Crippen LogP) is 3.59. The van der Waals surface area contributed by atoms with Crippen molar-refractivity contribution >= 4 is 5.71 Å². The van der Waals surface area contributed by atoms with E-state index in [0.717, 1.165) is 39.8 Å². The molecule has 7 heteroatoms. The van der Waals surface area contributed by atoms with Gasteiger partial charge in [-0.1, -0.05) is 6.07 Å². The van der Waals surface area contributed by atoms with Gasteiger partial charge in [-0.2, -0.15) is 20.0 Å². The van der Waals surface area contributed by atoms with Crippen LogP contribution in [-0.2, 0) is 0 Å². The highest BCUT2D eigenvalue weighted by Crippen LogP contribution is 2.33. The standard InChI is InChI=1S/C19H18N6O/c1-10-8-15(9-20)6-7-16(10)18-12(3)26-19-17(11(2)22-25(18)19)24-14(5)21-13(4)23-24/h6-8H,1-5H3. The maximum Gasteiger partial charge on any atom is 0.249 e. The van der Waals surface area contributed by atoms with Gasteiger partial charge in [0.2, 0.25) is 5.71 Å². The molecule has 0 amide bonds. The second-order valence-electron chi connectivity index (χ2n) is 6.42. The van der Waals surface area contributed by atoms with Crippen LogP contribution >= 0.6 is 0 Å². The Kier molecular flexibility index (Phi) is 3.44. The lowest BCUT2D eigenvalue weighted by molar-refractivity contribution is 0.569. The van der Waals surface area contributed by atoms with E-state index in [-0.39, 0.29) is 0 Å². The molecule has 7 nitrogen and oxygen atoms in total. The largest absolute Gasteiger partial charge is 0.439 e. The topological polar surface area (TPSA) is 84.9 Å². The van der Waals surface area contributed by atoms with Gasteiger partial charge in [0.15, 0.2) is 5.69 Å². The average Bonchev–Trinajstić information content (AvgIpc) is 3.18. The third kappa shape index (κ3) is 2.23. The van der Waals surface area contributed by atoms with E-state index in [1.54, 1.807) is 4.68 Å². The average molecular weight is 346 g/mol. The van der Waals surface area contributed by atoms with Gasteiger partial charge in [0.25, 0.3) is 0 Å². The van der Waals surface area contributed by atoms with Crippen molar-refractivity contribution < 1.29 is 4.42 Å². The summed E-state index contributed by atoms with van der Waals surface area (Å²) < 4.78 is 9.66. The van der Waals surface area contributed by atoms with Crippen LogP contribution in [0.5, 0.6) is 0 Å². The Morgan fingerprint density at radius 2 is 1.85 bits per heavy atom. The quantitative estimate of drug-likeness (QED) is 0.554. The fraction of sp³-hybridized carbons (Fsp3) is 0.263. The molecule has 4 rings (SSSR count). The Labute approximate surface area is 150 Å². The minimum atomic E-state index is 0.631. The molecule has 0 spiro atoms. The maximum absolute atomic E-state index is 9.10. The summed E-state index contributed by atoms with van der Waals surface area (Å²) in [6.07, 6.45) is 0. The van der Waals surface area contributed by atoms with Crippen molar-refractivity contribution in [3.05, 3.63) is 52.4 Å². The van der Waals surface area contributed by atoms with Crippen LogP contribution in [-0.4, -0.2) is 24.4 Å². The number of nitrogens with zero attached hydrogens (tertiary/aromatic N) is 6. The SMILES string of the molecule is Cc1nc(C)n(-c2c(C)nn3c(-c4ccc(C#N)cc4C)c(C)oc23)n1. The lowest BCUT2D eigenvalue weighted by atomic mass is 10.0.